The van der Waals surface area contributed by atoms with Crippen molar-refractivity contribution in [3.63, 3.8) is 0 Å². The number of urea groups is 1. The van der Waals surface area contributed by atoms with Crippen molar-refractivity contribution >= 4 is 17.8 Å². The molecule has 2 unspecified atom stereocenters. The SMILES string of the molecule is C=CCC1(CC(C)N)C(=O)NC(=O)N(C)C1=O. The smallest absolute Gasteiger partial charge is 0.328 e. The zero-order chi connectivity index (χ0) is 13.2. The molecule has 1 fully saturated rings. The fraction of sp³-hybridized carbons (Fsp3) is 0.545. The largest absolute Gasteiger partial charge is 0.330 e. The minimum absolute atomic E-state index is 0.164. The minimum atomic E-state index is -1.31. The van der Waals surface area contributed by atoms with Gasteiger partial charge in [0.1, 0.15) is 5.41 Å². The molecule has 1 saturated heterocycles. The van der Waals surface area contributed by atoms with E-state index in [9.17, 15) is 14.4 Å². The maximum atomic E-state index is 12.1. The van der Waals surface area contributed by atoms with Gasteiger partial charge >= 0.3 is 6.03 Å². The number of rotatable bonds is 4. The first-order chi connectivity index (χ1) is 7.85. The van der Waals surface area contributed by atoms with Crippen LogP contribution in [0, 0.1) is 5.41 Å². The fourth-order valence-corrected chi connectivity index (χ4v) is 2.05. The summed E-state index contributed by atoms with van der Waals surface area (Å²) in [5.74, 6) is -1.12. The van der Waals surface area contributed by atoms with Crippen molar-refractivity contribution in [3.8, 4) is 0 Å². The molecule has 2 atom stereocenters. The van der Waals surface area contributed by atoms with E-state index in [0.717, 1.165) is 4.90 Å². The molecule has 0 aromatic rings. The maximum absolute atomic E-state index is 12.1. The normalized spacial score (nSPS) is 26.8. The van der Waals surface area contributed by atoms with E-state index in [1.165, 1.54) is 13.1 Å². The van der Waals surface area contributed by atoms with Gasteiger partial charge in [0.2, 0.25) is 11.8 Å². The second-order valence-corrected chi connectivity index (χ2v) is 4.38. The zero-order valence-corrected chi connectivity index (χ0v) is 10.0. The fourth-order valence-electron chi connectivity index (χ4n) is 2.05. The number of hydrogen-bond donors (Lipinski definition) is 2. The van der Waals surface area contributed by atoms with Crippen LogP contribution in [0.2, 0.25) is 0 Å². The van der Waals surface area contributed by atoms with Gasteiger partial charge in [-0.25, -0.2) is 4.79 Å². The van der Waals surface area contributed by atoms with E-state index in [-0.39, 0.29) is 18.9 Å². The van der Waals surface area contributed by atoms with Gasteiger partial charge in [0, 0.05) is 13.1 Å². The number of nitrogens with two attached hydrogens (primary N) is 1. The molecule has 0 aromatic heterocycles. The highest BCUT2D eigenvalue weighted by Gasteiger charge is 2.52. The van der Waals surface area contributed by atoms with E-state index < -0.39 is 23.3 Å². The van der Waals surface area contributed by atoms with Crippen molar-refractivity contribution in [2.45, 2.75) is 25.8 Å². The van der Waals surface area contributed by atoms with E-state index in [0.29, 0.717) is 0 Å². The molecule has 0 radical (unpaired) electrons. The molecule has 0 aliphatic carbocycles. The molecule has 1 heterocycles. The van der Waals surface area contributed by atoms with Crippen molar-refractivity contribution in [3.05, 3.63) is 12.7 Å². The molecule has 0 saturated carbocycles. The highest BCUT2D eigenvalue weighted by molar-refractivity contribution is 6.19. The van der Waals surface area contributed by atoms with Gasteiger partial charge in [0.05, 0.1) is 0 Å². The van der Waals surface area contributed by atoms with E-state index >= 15 is 0 Å². The zero-order valence-electron chi connectivity index (χ0n) is 10.0. The van der Waals surface area contributed by atoms with Crippen LogP contribution in [0.25, 0.3) is 0 Å². The molecule has 1 rings (SSSR count). The first-order valence-corrected chi connectivity index (χ1v) is 5.35. The summed E-state index contributed by atoms with van der Waals surface area (Å²) >= 11 is 0. The van der Waals surface area contributed by atoms with Crippen LogP contribution in [0.5, 0.6) is 0 Å². The Balaban J connectivity index is 3.16. The van der Waals surface area contributed by atoms with Crippen LogP contribution in [0.3, 0.4) is 0 Å². The number of carbonyl (C=O) groups excluding carboxylic acids is 3. The lowest BCUT2D eigenvalue weighted by molar-refractivity contribution is -0.151. The van der Waals surface area contributed by atoms with Crippen molar-refractivity contribution < 1.29 is 14.4 Å². The lowest BCUT2D eigenvalue weighted by atomic mass is 9.75. The van der Waals surface area contributed by atoms with Crippen LogP contribution in [-0.2, 0) is 9.59 Å². The number of imide groups is 2. The van der Waals surface area contributed by atoms with Crippen molar-refractivity contribution in [2.75, 3.05) is 7.05 Å². The summed E-state index contributed by atoms with van der Waals surface area (Å²) in [6.45, 7) is 5.25. The van der Waals surface area contributed by atoms with Crippen LogP contribution in [0.1, 0.15) is 19.8 Å². The Labute approximate surface area is 99.8 Å². The number of allylic oxidation sites excluding steroid dienone is 1. The molecular formula is C11H17N3O3. The Morgan fingerprint density at radius 2 is 2.12 bits per heavy atom. The summed E-state index contributed by atoms with van der Waals surface area (Å²) in [6.07, 6.45) is 1.83. The molecule has 1 aliphatic heterocycles. The monoisotopic (exact) mass is 239 g/mol. The molecule has 6 nitrogen and oxygen atoms in total. The molecule has 0 aromatic carbocycles. The average Bonchev–Trinajstić information content (AvgIpc) is 2.23. The van der Waals surface area contributed by atoms with Gasteiger partial charge in [-0.3, -0.25) is 19.8 Å². The molecule has 17 heavy (non-hydrogen) atoms. The third-order valence-electron chi connectivity index (χ3n) is 2.84. The molecule has 94 valence electrons. The van der Waals surface area contributed by atoms with Gasteiger partial charge in [-0.05, 0) is 19.8 Å². The Morgan fingerprint density at radius 1 is 1.53 bits per heavy atom. The van der Waals surface area contributed by atoms with Crippen molar-refractivity contribution in [2.24, 2.45) is 11.1 Å². The van der Waals surface area contributed by atoms with Crippen LogP contribution >= 0.6 is 0 Å². The van der Waals surface area contributed by atoms with Gasteiger partial charge in [0.15, 0.2) is 0 Å². The number of carbonyl (C=O) groups is 3. The van der Waals surface area contributed by atoms with Gasteiger partial charge in [-0.2, -0.15) is 0 Å². The maximum Gasteiger partial charge on any atom is 0.330 e. The van der Waals surface area contributed by atoms with Crippen LogP contribution in [0.15, 0.2) is 12.7 Å². The first-order valence-electron chi connectivity index (χ1n) is 5.35. The highest BCUT2D eigenvalue weighted by Crippen LogP contribution is 2.33. The third kappa shape index (κ3) is 2.21. The van der Waals surface area contributed by atoms with Gasteiger partial charge < -0.3 is 5.73 Å². The van der Waals surface area contributed by atoms with Crippen LogP contribution in [-0.4, -0.2) is 35.8 Å². The predicted octanol–water partition coefficient (Wildman–Crippen LogP) is -0.00560. The van der Waals surface area contributed by atoms with Gasteiger partial charge in [-0.1, -0.05) is 6.08 Å². The summed E-state index contributed by atoms with van der Waals surface area (Å²) in [5.41, 5.74) is 4.37. The average molecular weight is 239 g/mol. The molecule has 1 aliphatic rings. The van der Waals surface area contributed by atoms with Crippen LogP contribution in [0.4, 0.5) is 4.79 Å². The Morgan fingerprint density at radius 3 is 2.59 bits per heavy atom. The number of nitrogens with zero attached hydrogens (tertiary/aromatic N) is 1. The predicted molar refractivity (Wildman–Crippen MR) is 61.8 cm³/mol. The summed E-state index contributed by atoms with van der Waals surface area (Å²) in [5, 5.41) is 2.16. The second kappa shape index (κ2) is 4.67. The molecule has 3 N–H and O–H groups in total. The summed E-state index contributed by atoms with van der Waals surface area (Å²) in [4.78, 5) is 36.3. The summed E-state index contributed by atoms with van der Waals surface area (Å²) < 4.78 is 0. The minimum Gasteiger partial charge on any atom is -0.328 e. The summed E-state index contributed by atoms with van der Waals surface area (Å²) in [6, 6.07) is -1.03. The number of barbiturate groups is 1. The second-order valence-electron chi connectivity index (χ2n) is 4.38. The number of hydrogen-bond acceptors (Lipinski definition) is 4. The lowest BCUT2D eigenvalue weighted by Gasteiger charge is -2.38. The van der Waals surface area contributed by atoms with Crippen LogP contribution < -0.4 is 11.1 Å². The molecule has 0 bridgehead atoms. The summed E-state index contributed by atoms with van der Waals surface area (Å²) in [7, 11) is 1.34. The third-order valence-corrected chi connectivity index (χ3v) is 2.84. The van der Waals surface area contributed by atoms with E-state index in [1.807, 2.05) is 0 Å². The van der Waals surface area contributed by atoms with Crippen molar-refractivity contribution in [1.82, 2.24) is 10.2 Å². The Bertz CT molecular complexity index is 378. The lowest BCUT2D eigenvalue weighted by Crippen LogP contribution is -2.63. The molecule has 6 heteroatoms. The Hall–Kier alpha value is -1.69. The molecular weight excluding hydrogens is 222 g/mol. The highest BCUT2D eigenvalue weighted by atomic mass is 16.2. The quantitative estimate of drug-likeness (QED) is 0.533. The molecule has 0 spiro atoms. The number of nitrogens with one attached hydrogen (secondary N) is 1. The van der Waals surface area contributed by atoms with Crippen molar-refractivity contribution in [1.29, 1.82) is 0 Å². The van der Waals surface area contributed by atoms with E-state index in [1.54, 1.807) is 6.92 Å². The standard InChI is InChI=1S/C11H17N3O3/c1-4-5-11(6-7(2)12)8(15)13-10(17)14(3)9(11)16/h4,7H,1,5-6,12H2,2-3H3,(H,13,15,17). The first kappa shape index (κ1) is 13.4. The van der Waals surface area contributed by atoms with Gasteiger partial charge in [0.25, 0.3) is 0 Å². The molecule has 4 amide bonds. The van der Waals surface area contributed by atoms with E-state index in [2.05, 4.69) is 11.9 Å². The number of amides is 4. The van der Waals surface area contributed by atoms with E-state index in [4.69, 9.17) is 5.73 Å². The van der Waals surface area contributed by atoms with Gasteiger partial charge in [-0.15, -0.1) is 6.58 Å². The Kier molecular flexibility index (Phi) is 3.67. The topological polar surface area (TPSA) is 92.5 Å².